The van der Waals surface area contributed by atoms with Gasteiger partial charge in [0.15, 0.2) is 0 Å². The number of para-hydroxylation sites is 1. The molecule has 1 N–H and O–H groups in total. The van der Waals surface area contributed by atoms with Crippen molar-refractivity contribution in [2.24, 2.45) is 0 Å². The summed E-state index contributed by atoms with van der Waals surface area (Å²) in [6.07, 6.45) is 3.10. The number of hydrogen-bond donors (Lipinski definition) is 1. The van der Waals surface area contributed by atoms with E-state index in [2.05, 4.69) is 29.6 Å². The van der Waals surface area contributed by atoms with Gasteiger partial charge in [-0.25, -0.2) is 8.42 Å². The summed E-state index contributed by atoms with van der Waals surface area (Å²) in [6.45, 7) is 2.84. The monoisotopic (exact) mass is 488 g/mol. The molecule has 3 aromatic carbocycles. The van der Waals surface area contributed by atoms with Crippen LogP contribution in [0.2, 0.25) is 0 Å². The number of carbonyl (C=O) groups is 1. The van der Waals surface area contributed by atoms with Crippen LogP contribution in [0.25, 0.3) is 0 Å². The van der Waals surface area contributed by atoms with Crippen LogP contribution in [0.3, 0.4) is 0 Å². The van der Waals surface area contributed by atoms with Gasteiger partial charge in [0.1, 0.15) is 5.78 Å². The Kier molecular flexibility index (Phi) is 6.51. The van der Waals surface area contributed by atoms with Crippen molar-refractivity contribution in [2.45, 2.75) is 55.4 Å². The molecule has 3 aromatic rings. The highest BCUT2D eigenvalue weighted by Crippen LogP contribution is 2.49. The zero-order valence-electron chi connectivity index (χ0n) is 20.1. The summed E-state index contributed by atoms with van der Waals surface area (Å²) in [5, 5.41) is 3.63. The van der Waals surface area contributed by atoms with E-state index in [1.807, 2.05) is 49.4 Å². The minimum atomic E-state index is -3.54. The van der Waals surface area contributed by atoms with Crippen molar-refractivity contribution in [1.29, 1.82) is 0 Å². The Hall–Kier alpha value is -2.96. The lowest BCUT2D eigenvalue weighted by molar-refractivity contribution is -0.119. The lowest BCUT2D eigenvalue weighted by atomic mass is 9.68. The Morgan fingerprint density at radius 1 is 0.943 bits per heavy atom. The molecule has 0 saturated carbocycles. The minimum Gasteiger partial charge on any atom is -0.381 e. The first-order chi connectivity index (χ1) is 16.9. The van der Waals surface area contributed by atoms with Gasteiger partial charge in [0, 0.05) is 43.1 Å². The van der Waals surface area contributed by atoms with Gasteiger partial charge >= 0.3 is 0 Å². The molecular weight excluding hydrogens is 456 g/mol. The van der Waals surface area contributed by atoms with Crippen molar-refractivity contribution in [1.82, 2.24) is 4.31 Å². The standard InChI is InChI=1S/C29H32N2O3S/c1-22-11-15-25(16-12-22)35(33,34)31-19-17-29(18-20-31)26-9-5-6-10-27(26)30-28(29)21-24(32)14-13-23-7-3-2-4-8-23/h2-12,15-16,28,30H,13-14,17-21H2,1H3/t28-/m1/s1. The average molecular weight is 489 g/mol. The molecule has 6 heteroatoms. The zero-order chi connectivity index (χ0) is 24.5. The van der Waals surface area contributed by atoms with Crippen LogP contribution in [0.4, 0.5) is 5.69 Å². The van der Waals surface area contributed by atoms with E-state index in [1.165, 1.54) is 11.1 Å². The SMILES string of the molecule is Cc1ccc(S(=O)(=O)N2CCC3(CC2)c2ccccc2N[C@@H]3CC(=O)CCc2ccccc2)cc1. The maximum absolute atomic E-state index is 13.3. The van der Waals surface area contributed by atoms with Gasteiger partial charge in [-0.05, 0) is 55.5 Å². The Morgan fingerprint density at radius 3 is 2.31 bits per heavy atom. The molecule has 0 bridgehead atoms. The number of benzene rings is 3. The number of rotatable bonds is 7. The Bertz CT molecular complexity index is 1300. The molecule has 182 valence electrons. The van der Waals surface area contributed by atoms with Gasteiger partial charge in [0.25, 0.3) is 0 Å². The Labute approximate surface area is 208 Å². The van der Waals surface area contributed by atoms with Gasteiger partial charge in [-0.3, -0.25) is 4.79 Å². The van der Waals surface area contributed by atoms with E-state index < -0.39 is 10.0 Å². The van der Waals surface area contributed by atoms with Crippen LogP contribution in [-0.4, -0.2) is 37.6 Å². The van der Waals surface area contributed by atoms with Crippen molar-refractivity contribution in [3.63, 3.8) is 0 Å². The van der Waals surface area contributed by atoms with E-state index >= 15 is 0 Å². The molecule has 0 aliphatic carbocycles. The Morgan fingerprint density at radius 2 is 1.60 bits per heavy atom. The summed E-state index contributed by atoms with van der Waals surface area (Å²) in [7, 11) is -3.54. The quantitative estimate of drug-likeness (QED) is 0.502. The minimum absolute atomic E-state index is 0.0209. The molecule has 5 rings (SSSR count). The van der Waals surface area contributed by atoms with Crippen molar-refractivity contribution in [3.05, 3.63) is 95.6 Å². The summed E-state index contributed by atoms with van der Waals surface area (Å²) < 4.78 is 28.2. The number of hydrogen-bond acceptors (Lipinski definition) is 4. The molecule has 0 amide bonds. The zero-order valence-corrected chi connectivity index (χ0v) is 20.9. The third-order valence-corrected chi connectivity index (χ3v) is 9.61. The van der Waals surface area contributed by atoms with E-state index in [4.69, 9.17) is 0 Å². The molecule has 1 saturated heterocycles. The summed E-state index contributed by atoms with van der Waals surface area (Å²) in [5.41, 5.74) is 4.26. The number of anilines is 1. The highest BCUT2D eigenvalue weighted by Gasteiger charge is 2.50. The molecule has 2 aliphatic heterocycles. The largest absolute Gasteiger partial charge is 0.381 e. The number of fused-ring (bicyclic) bond motifs is 2. The summed E-state index contributed by atoms with van der Waals surface area (Å²) in [6, 6.07) is 25.4. The predicted molar refractivity (Wildman–Crippen MR) is 139 cm³/mol. The predicted octanol–water partition coefficient (Wildman–Crippen LogP) is 5.10. The summed E-state index contributed by atoms with van der Waals surface area (Å²) in [4.78, 5) is 13.4. The van der Waals surface area contributed by atoms with E-state index in [0.717, 1.165) is 17.7 Å². The third kappa shape index (κ3) is 4.65. The molecule has 1 fully saturated rings. The highest BCUT2D eigenvalue weighted by atomic mass is 32.2. The first-order valence-electron chi connectivity index (χ1n) is 12.4. The van der Waals surface area contributed by atoms with E-state index in [0.29, 0.717) is 43.7 Å². The van der Waals surface area contributed by atoms with E-state index in [9.17, 15) is 13.2 Å². The topological polar surface area (TPSA) is 66.5 Å². The average Bonchev–Trinajstić information content (AvgIpc) is 3.16. The van der Waals surface area contributed by atoms with Gasteiger partial charge in [0.2, 0.25) is 10.0 Å². The molecule has 35 heavy (non-hydrogen) atoms. The molecule has 0 unspecified atom stereocenters. The second kappa shape index (κ2) is 9.59. The van der Waals surface area contributed by atoms with E-state index in [-0.39, 0.29) is 17.2 Å². The van der Waals surface area contributed by atoms with Crippen LogP contribution in [0.15, 0.2) is 83.8 Å². The summed E-state index contributed by atoms with van der Waals surface area (Å²) >= 11 is 0. The normalized spacial score (nSPS) is 19.3. The number of ketones is 1. The first-order valence-corrected chi connectivity index (χ1v) is 13.8. The molecule has 1 spiro atoms. The van der Waals surface area contributed by atoms with Gasteiger partial charge in [-0.15, -0.1) is 0 Å². The molecule has 0 radical (unpaired) electrons. The van der Waals surface area contributed by atoms with Crippen LogP contribution >= 0.6 is 0 Å². The van der Waals surface area contributed by atoms with Crippen molar-refractivity contribution >= 4 is 21.5 Å². The van der Waals surface area contributed by atoms with E-state index in [1.54, 1.807) is 16.4 Å². The number of carbonyl (C=O) groups excluding carboxylic acids is 1. The number of nitrogens with zero attached hydrogens (tertiary/aromatic N) is 1. The lowest BCUT2D eigenvalue weighted by Gasteiger charge is -2.42. The fraction of sp³-hybridized carbons (Fsp3) is 0.345. The van der Waals surface area contributed by atoms with Crippen LogP contribution in [-0.2, 0) is 26.7 Å². The molecular formula is C29H32N2O3S. The smallest absolute Gasteiger partial charge is 0.243 e. The van der Waals surface area contributed by atoms with Crippen LogP contribution < -0.4 is 5.32 Å². The number of sulfonamides is 1. The number of nitrogens with one attached hydrogen (secondary N) is 1. The number of Topliss-reactive ketones (excluding diaryl/α,β-unsaturated/α-hetero) is 1. The van der Waals surface area contributed by atoms with Crippen LogP contribution in [0, 0.1) is 6.92 Å². The van der Waals surface area contributed by atoms with Gasteiger partial charge in [-0.1, -0.05) is 66.2 Å². The van der Waals surface area contributed by atoms with Crippen molar-refractivity contribution in [2.75, 3.05) is 18.4 Å². The maximum Gasteiger partial charge on any atom is 0.243 e. The molecule has 2 heterocycles. The Balaban J connectivity index is 1.32. The third-order valence-electron chi connectivity index (χ3n) is 7.70. The van der Waals surface area contributed by atoms with Crippen LogP contribution in [0.5, 0.6) is 0 Å². The second-order valence-corrected chi connectivity index (χ2v) is 11.8. The number of aryl methyl sites for hydroxylation is 2. The molecule has 2 aliphatic rings. The van der Waals surface area contributed by atoms with Gasteiger partial charge in [0.05, 0.1) is 4.90 Å². The number of piperidine rings is 1. The first kappa shape index (κ1) is 23.8. The summed E-state index contributed by atoms with van der Waals surface area (Å²) in [5.74, 6) is 0.244. The molecule has 5 nitrogen and oxygen atoms in total. The van der Waals surface area contributed by atoms with Gasteiger partial charge in [-0.2, -0.15) is 4.31 Å². The second-order valence-electron chi connectivity index (χ2n) is 9.84. The van der Waals surface area contributed by atoms with Crippen molar-refractivity contribution in [3.8, 4) is 0 Å². The molecule has 1 atom stereocenters. The highest BCUT2D eigenvalue weighted by molar-refractivity contribution is 7.89. The fourth-order valence-electron chi connectivity index (χ4n) is 5.66. The van der Waals surface area contributed by atoms with Crippen molar-refractivity contribution < 1.29 is 13.2 Å². The van der Waals surface area contributed by atoms with Gasteiger partial charge < -0.3 is 5.32 Å². The van der Waals surface area contributed by atoms with Crippen LogP contribution in [0.1, 0.15) is 42.4 Å². The molecule has 0 aromatic heterocycles. The maximum atomic E-state index is 13.3. The lowest BCUT2D eigenvalue weighted by Crippen LogP contribution is -2.50. The fourth-order valence-corrected chi connectivity index (χ4v) is 7.11.